The third kappa shape index (κ3) is 4.50. The molecule has 1 aliphatic heterocycles. The van der Waals surface area contributed by atoms with Gasteiger partial charge in [0.1, 0.15) is 11.4 Å². The lowest BCUT2D eigenvalue weighted by molar-refractivity contribution is 0.0584. The van der Waals surface area contributed by atoms with E-state index in [4.69, 9.17) is 9.16 Å². The maximum Gasteiger partial charge on any atom is 0.414 e. The maximum atomic E-state index is 12.5. The van der Waals surface area contributed by atoms with Gasteiger partial charge in [-0.2, -0.15) is 0 Å². The fraction of sp³-hybridized carbons (Fsp3) is 0.682. The molecule has 152 valence electrons. The van der Waals surface area contributed by atoms with Crippen LogP contribution in [-0.2, 0) is 11.2 Å². The van der Waals surface area contributed by atoms with Crippen molar-refractivity contribution in [3.63, 3.8) is 0 Å². The summed E-state index contributed by atoms with van der Waals surface area (Å²) in [6.07, 6.45) is 0.566. The van der Waals surface area contributed by atoms with Crippen molar-refractivity contribution in [1.29, 1.82) is 0 Å². The van der Waals surface area contributed by atoms with Crippen molar-refractivity contribution >= 4 is 20.1 Å². The summed E-state index contributed by atoms with van der Waals surface area (Å²) in [6, 6.07) is 6.17. The molecule has 1 aromatic rings. The lowest BCUT2D eigenvalue weighted by Crippen LogP contribution is -2.50. The first-order valence-electron chi connectivity index (χ1n) is 10.2. The monoisotopic (exact) mass is 391 g/mol. The molecule has 0 saturated heterocycles. The molecule has 0 aliphatic carbocycles. The minimum atomic E-state index is -1.98. The molecule has 1 aliphatic rings. The Morgan fingerprint density at radius 1 is 1.04 bits per heavy atom. The van der Waals surface area contributed by atoms with E-state index in [2.05, 4.69) is 47.6 Å². The molecular formula is C22H37NO3Si. The summed E-state index contributed by atoms with van der Waals surface area (Å²) in [5.74, 6) is 0.947. The third-order valence-electron chi connectivity index (χ3n) is 5.56. The van der Waals surface area contributed by atoms with Crippen LogP contribution in [0.15, 0.2) is 18.2 Å². The first-order chi connectivity index (χ1) is 12.4. The van der Waals surface area contributed by atoms with Crippen molar-refractivity contribution in [1.82, 2.24) is 0 Å². The highest BCUT2D eigenvalue weighted by atomic mass is 28.4. The number of carbonyl (C=O) groups is 1. The molecule has 0 atom stereocenters. The van der Waals surface area contributed by atoms with Gasteiger partial charge in [0.2, 0.25) is 0 Å². The zero-order chi connectivity index (χ0) is 20.6. The van der Waals surface area contributed by atoms with Gasteiger partial charge in [-0.05, 0) is 67.6 Å². The first-order valence-corrected chi connectivity index (χ1v) is 12.3. The second-order valence-corrected chi connectivity index (χ2v) is 15.0. The number of carbonyl (C=O) groups excluding carboxylic acids is 1. The van der Waals surface area contributed by atoms with Crippen LogP contribution in [0.5, 0.6) is 5.75 Å². The fourth-order valence-corrected chi connectivity index (χ4v) is 9.75. The van der Waals surface area contributed by atoms with Gasteiger partial charge in [0.25, 0.3) is 8.32 Å². The topological polar surface area (TPSA) is 38.8 Å². The van der Waals surface area contributed by atoms with Gasteiger partial charge in [-0.15, -0.1) is 0 Å². The number of fused-ring (bicyclic) bond motifs is 1. The van der Waals surface area contributed by atoms with Crippen LogP contribution in [-0.4, -0.2) is 26.6 Å². The highest BCUT2D eigenvalue weighted by molar-refractivity contribution is 6.78. The number of ether oxygens (including phenoxy) is 1. The van der Waals surface area contributed by atoms with Crippen molar-refractivity contribution in [3.05, 3.63) is 23.8 Å². The third-order valence-corrected chi connectivity index (χ3v) is 11.6. The average molecular weight is 392 g/mol. The maximum absolute atomic E-state index is 12.5. The van der Waals surface area contributed by atoms with E-state index in [1.54, 1.807) is 4.90 Å². The average Bonchev–Trinajstić information content (AvgIpc) is 2.93. The molecule has 0 saturated carbocycles. The smallest absolute Gasteiger partial charge is 0.414 e. The molecular weight excluding hydrogens is 354 g/mol. The van der Waals surface area contributed by atoms with Gasteiger partial charge in [-0.25, -0.2) is 4.79 Å². The highest BCUT2D eigenvalue weighted by Crippen LogP contribution is 2.43. The predicted molar refractivity (Wildman–Crippen MR) is 115 cm³/mol. The van der Waals surface area contributed by atoms with Crippen LogP contribution in [0, 0.1) is 0 Å². The van der Waals surface area contributed by atoms with Crippen LogP contribution >= 0.6 is 0 Å². The molecule has 5 heteroatoms. The molecule has 1 amide bonds. The van der Waals surface area contributed by atoms with E-state index in [9.17, 15) is 4.79 Å². The molecule has 2 rings (SSSR count). The number of nitrogens with zero attached hydrogens (tertiary/aromatic N) is 1. The summed E-state index contributed by atoms with van der Waals surface area (Å²) < 4.78 is 12.3. The zero-order valence-electron chi connectivity index (χ0n) is 18.6. The van der Waals surface area contributed by atoms with Gasteiger partial charge < -0.3 is 9.16 Å². The van der Waals surface area contributed by atoms with Gasteiger partial charge in [-0.3, -0.25) is 4.90 Å². The molecule has 0 N–H and O–H groups in total. The van der Waals surface area contributed by atoms with Crippen molar-refractivity contribution < 1.29 is 14.0 Å². The molecule has 0 spiro atoms. The molecule has 1 heterocycles. The second-order valence-electron chi connectivity index (χ2n) is 9.59. The number of amides is 1. The van der Waals surface area contributed by atoms with Crippen LogP contribution < -0.4 is 9.33 Å². The Balaban J connectivity index is 2.28. The summed E-state index contributed by atoms with van der Waals surface area (Å²) in [5, 5.41) is 0. The standard InChI is InChI=1S/C22H37NO3Si/c1-15(2)27(16(3)4,17(5)6)26-19-10-11-20-18(14-19)12-13-23(20)21(24)25-22(7,8)9/h10-11,14-17H,12-13H2,1-9H3. The van der Waals surface area contributed by atoms with Crippen molar-refractivity contribution in [3.8, 4) is 5.75 Å². The number of hydrogen-bond donors (Lipinski definition) is 0. The number of anilines is 1. The van der Waals surface area contributed by atoms with Crippen LogP contribution in [0.1, 0.15) is 67.9 Å². The second kappa shape index (κ2) is 7.86. The largest absolute Gasteiger partial charge is 0.543 e. The Morgan fingerprint density at radius 3 is 2.07 bits per heavy atom. The molecule has 0 radical (unpaired) electrons. The SMILES string of the molecule is CC(C)[Si](Oc1ccc2c(c1)CCN2C(=O)OC(C)(C)C)(C(C)C)C(C)C. The minimum absolute atomic E-state index is 0.273. The van der Waals surface area contributed by atoms with E-state index in [0.717, 1.165) is 23.4 Å². The minimum Gasteiger partial charge on any atom is -0.543 e. The summed E-state index contributed by atoms with van der Waals surface area (Å²) >= 11 is 0. The van der Waals surface area contributed by atoms with E-state index in [0.29, 0.717) is 23.2 Å². The molecule has 0 fully saturated rings. The Hall–Kier alpha value is -1.49. The van der Waals surface area contributed by atoms with Gasteiger partial charge in [0.05, 0.1) is 5.69 Å². The van der Waals surface area contributed by atoms with E-state index in [-0.39, 0.29) is 6.09 Å². The molecule has 0 aromatic heterocycles. The summed E-state index contributed by atoms with van der Waals surface area (Å²) in [6.45, 7) is 20.1. The molecule has 1 aromatic carbocycles. The highest BCUT2D eigenvalue weighted by Gasteiger charge is 2.47. The Morgan fingerprint density at radius 2 is 1.59 bits per heavy atom. The van der Waals surface area contributed by atoms with Crippen molar-refractivity contribution in [2.75, 3.05) is 11.4 Å². The van der Waals surface area contributed by atoms with Gasteiger partial charge >= 0.3 is 6.09 Å². The Bertz CT molecular complexity index is 655. The van der Waals surface area contributed by atoms with Gasteiger partial charge in [0, 0.05) is 6.54 Å². The fourth-order valence-electron chi connectivity index (χ4n) is 4.51. The molecule has 0 unspecified atom stereocenters. The summed E-state index contributed by atoms with van der Waals surface area (Å²) in [4.78, 5) is 14.2. The van der Waals surface area contributed by atoms with E-state index in [1.807, 2.05) is 32.9 Å². The van der Waals surface area contributed by atoms with Gasteiger partial charge in [-0.1, -0.05) is 41.5 Å². The Kier molecular flexibility index (Phi) is 6.35. The van der Waals surface area contributed by atoms with Crippen LogP contribution in [0.4, 0.5) is 10.5 Å². The number of rotatable bonds is 5. The van der Waals surface area contributed by atoms with Crippen molar-refractivity contribution in [2.24, 2.45) is 0 Å². The van der Waals surface area contributed by atoms with Gasteiger partial charge in [0.15, 0.2) is 0 Å². The quantitative estimate of drug-likeness (QED) is 0.535. The molecule has 4 nitrogen and oxygen atoms in total. The summed E-state index contributed by atoms with van der Waals surface area (Å²) in [5.41, 5.74) is 3.22. The van der Waals surface area contributed by atoms with E-state index < -0.39 is 13.9 Å². The number of benzene rings is 1. The normalized spacial score (nSPS) is 14.9. The van der Waals surface area contributed by atoms with Crippen molar-refractivity contribution in [2.45, 2.75) is 91.0 Å². The Labute approximate surface area is 166 Å². The van der Waals surface area contributed by atoms with Crippen LogP contribution in [0.25, 0.3) is 0 Å². The summed E-state index contributed by atoms with van der Waals surface area (Å²) in [7, 11) is -1.98. The van der Waals surface area contributed by atoms with E-state index >= 15 is 0 Å². The molecule has 27 heavy (non-hydrogen) atoms. The van der Waals surface area contributed by atoms with Crippen LogP contribution in [0.3, 0.4) is 0 Å². The lowest BCUT2D eigenvalue weighted by atomic mass is 10.1. The lowest BCUT2D eigenvalue weighted by Gasteiger charge is -2.42. The molecule has 0 bridgehead atoms. The zero-order valence-corrected chi connectivity index (χ0v) is 19.6. The first kappa shape index (κ1) is 21.8. The van der Waals surface area contributed by atoms with Crippen LogP contribution in [0.2, 0.25) is 16.6 Å². The number of hydrogen-bond acceptors (Lipinski definition) is 3. The van der Waals surface area contributed by atoms with E-state index in [1.165, 1.54) is 0 Å². The predicted octanol–water partition coefficient (Wildman–Crippen LogP) is 6.54.